The number of hydrogen-bond donors (Lipinski definition) is 0. The molecule has 0 saturated carbocycles. The van der Waals surface area contributed by atoms with Gasteiger partial charge in [-0.3, -0.25) is 0 Å². The highest BCUT2D eigenvalue weighted by atomic mass is 16.6. The lowest BCUT2D eigenvalue weighted by Gasteiger charge is -2.06. The van der Waals surface area contributed by atoms with Gasteiger partial charge in [-0.25, -0.2) is 4.79 Å². The van der Waals surface area contributed by atoms with E-state index in [1.54, 1.807) is 18.2 Å². The van der Waals surface area contributed by atoms with Crippen LogP contribution >= 0.6 is 0 Å². The molecule has 0 aliphatic heterocycles. The second-order valence-electron chi connectivity index (χ2n) is 3.70. The summed E-state index contributed by atoms with van der Waals surface area (Å²) in [6, 6.07) is 12.9. The molecule has 2 aromatic carbocycles. The molecule has 0 bridgehead atoms. The Morgan fingerprint density at radius 3 is 2.67 bits per heavy atom. The predicted molar refractivity (Wildman–Crippen MR) is 66.2 cm³/mol. The highest BCUT2D eigenvalue weighted by molar-refractivity contribution is 5.85. The van der Waals surface area contributed by atoms with Gasteiger partial charge in [-0.15, -0.1) is 0 Å². The molecule has 0 radical (unpaired) electrons. The lowest BCUT2D eigenvalue weighted by atomic mass is 10.1. The van der Waals surface area contributed by atoms with E-state index in [0.29, 0.717) is 11.3 Å². The fourth-order valence-corrected chi connectivity index (χ4v) is 1.58. The van der Waals surface area contributed by atoms with Crippen LogP contribution in [0.3, 0.4) is 0 Å². The molecular formula is C14H11NO3. The number of esters is 1. The van der Waals surface area contributed by atoms with Gasteiger partial charge in [-0.2, -0.15) is 5.26 Å². The van der Waals surface area contributed by atoms with E-state index in [0.717, 1.165) is 10.8 Å². The Kier molecular flexibility index (Phi) is 3.44. The average Bonchev–Trinajstić information content (AvgIpc) is 2.43. The summed E-state index contributed by atoms with van der Waals surface area (Å²) in [5, 5.41) is 10.7. The van der Waals surface area contributed by atoms with Crippen molar-refractivity contribution in [2.24, 2.45) is 0 Å². The highest BCUT2D eigenvalue weighted by Crippen LogP contribution is 2.21. The van der Waals surface area contributed by atoms with Gasteiger partial charge in [0.25, 0.3) is 0 Å². The van der Waals surface area contributed by atoms with Crippen LogP contribution in [0.25, 0.3) is 10.8 Å². The Morgan fingerprint density at radius 1 is 1.22 bits per heavy atom. The molecule has 0 heterocycles. The first-order chi connectivity index (χ1) is 8.72. The van der Waals surface area contributed by atoms with Crippen LogP contribution in [0.2, 0.25) is 0 Å². The normalized spacial score (nSPS) is 9.78. The van der Waals surface area contributed by atoms with Crippen molar-refractivity contribution < 1.29 is 14.3 Å². The third-order valence-electron chi connectivity index (χ3n) is 2.53. The number of methoxy groups -OCH3 is 1. The Bertz CT molecular complexity index is 628. The maximum Gasteiger partial charge on any atom is 0.343 e. The van der Waals surface area contributed by atoms with Crippen molar-refractivity contribution in [3.05, 3.63) is 42.0 Å². The molecule has 0 aliphatic carbocycles. The zero-order valence-corrected chi connectivity index (χ0v) is 9.84. The molecule has 0 unspecified atom stereocenters. The van der Waals surface area contributed by atoms with Crippen LogP contribution in [-0.4, -0.2) is 19.7 Å². The van der Waals surface area contributed by atoms with E-state index in [-0.39, 0.29) is 6.61 Å². The molecule has 0 amide bonds. The number of fused-ring (bicyclic) bond motifs is 1. The van der Waals surface area contributed by atoms with Gasteiger partial charge >= 0.3 is 5.97 Å². The van der Waals surface area contributed by atoms with E-state index in [9.17, 15) is 4.79 Å². The minimum atomic E-state index is -0.421. The fourth-order valence-electron chi connectivity index (χ4n) is 1.58. The van der Waals surface area contributed by atoms with E-state index < -0.39 is 5.97 Å². The minimum Gasteiger partial charge on any atom is -0.482 e. The van der Waals surface area contributed by atoms with Crippen molar-refractivity contribution in [1.29, 1.82) is 5.26 Å². The Labute approximate surface area is 104 Å². The topological polar surface area (TPSA) is 59.3 Å². The zero-order chi connectivity index (χ0) is 13.0. The van der Waals surface area contributed by atoms with Crippen LogP contribution in [0.5, 0.6) is 5.75 Å². The van der Waals surface area contributed by atoms with Crippen molar-refractivity contribution in [2.45, 2.75) is 0 Å². The van der Waals surface area contributed by atoms with Crippen LogP contribution in [0.15, 0.2) is 36.4 Å². The van der Waals surface area contributed by atoms with Gasteiger partial charge in [0, 0.05) is 0 Å². The third kappa shape index (κ3) is 2.58. The molecule has 0 saturated heterocycles. The monoisotopic (exact) mass is 241 g/mol. The molecule has 0 atom stereocenters. The number of ether oxygens (including phenoxy) is 2. The molecule has 4 heteroatoms. The van der Waals surface area contributed by atoms with Crippen LogP contribution in [0.4, 0.5) is 0 Å². The minimum absolute atomic E-state index is 0.113. The average molecular weight is 241 g/mol. The molecule has 90 valence electrons. The number of nitrogens with zero attached hydrogens (tertiary/aromatic N) is 1. The Balaban J connectivity index is 2.23. The molecule has 0 aromatic heterocycles. The smallest absolute Gasteiger partial charge is 0.343 e. The SMILES string of the molecule is COC(=O)COc1ccc2cc(C#N)ccc2c1. The maximum atomic E-state index is 10.9. The van der Waals surface area contributed by atoms with Crippen LogP contribution in [0, 0.1) is 11.3 Å². The summed E-state index contributed by atoms with van der Waals surface area (Å²) < 4.78 is 9.77. The quantitative estimate of drug-likeness (QED) is 0.773. The first-order valence-corrected chi connectivity index (χ1v) is 5.36. The van der Waals surface area contributed by atoms with Gasteiger partial charge in [0.15, 0.2) is 6.61 Å². The van der Waals surface area contributed by atoms with Gasteiger partial charge in [-0.1, -0.05) is 12.1 Å². The van der Waals surface area contributed by atoms with Gasteiger partial charge in [0.1, 0.15) is 5.75 Å². The molecule has 0 fully saturated rings. The van der Waals surface area contributed by atoms with E-state index in [1.807, 2.05) is 18.2 Å². The van der Waals surface area contributed by atoms with Crippen LogP contribution < -0.4 is 4.74 Å². The number of benzene rings is 2. The van der Waals surface area contributed by atoms with Gasteiger partial charge < -0.3 is 9.47 Å². The first-order valence-electron chi connectivity index (χ1n) is 5.36. The summed E-state index contributed by atoms with van der Waals surface area (Å²) in [4.78, 5) is 10.9. The maximum absolute atomic E-state index is 10.9. The standard InChI is InChI=1S/C14H11NO3/c1-17-14(16)9-18-13-5-4-11-6-10(8-15)2-3-12(11)7-13/h2-7H,9H2,1H3. The molecule has 0 spiro atoms. The second-order valence-corrected chi connectivity index (χ2v) is 3.70. The fraction of sp³-hybridized carbons (Fsp3) is 0.143. The number of carbonyl (C=O) groups is 1. The first kappa shape index (κ1) is 11.9. The second kappa shape index (κ2) is 5.19. The summed E-state index contributed by atoms with van der Waals surface area (Å²) in [5.74, 6) is 0.174. The summed E-state index contributed by atoms with van der Waals surface area (Å²) in [6.45, 7) is -0.113. The van der Waals surface area contributed by atoms with E-state index >= 15 is 0 Å². The zero-order valence-electron chi connectivity index (χ0n) is 9.84. The summed E-state index contributed by atoms with van der Waals surface area (Å²) in [5.41, 5.74) is 0.616. The number of rotatable bonds is 3. The molecule has 0 aliphatic rings. The lowest BCUT2D eigenvalue weighted by Crippen LogP contribution is -2.12. The van der Waals surface area contributed by atoms with Crippen molar-refractivity contribution in [3.8, 4) is 11.8 Å². The number of nitriles is 1. The van der Waals surface area contributed by atoms with Crippen molar-refractivity contribution >= 4 is 16.7 Å². The van der Waals surface area contributed by atoms with E-state index in [2.05, 4.69) is 10.8 Å². The van der Waals surface area contributed by atoms with Gasteiger partial charge in [0.05, 0.1) is 18.7 Å². The Hall–Kier alpha value is -2.54. The van der Waals surface area contributed by atoms with E-state index in [1.165, 1.54) is 7.11 Å². The highest BCUT2D eigenvalue weighted by Gasteiger charge is 2.03. The lowest BCUT2D eigenvalue weighted by molar-refractivity contribution is -0.142. The molecule has 2 aromatic rings. The molecule has 2 rings (SSSR count). The Morgan fingerprint density at radius 2 is 1.94 bits per heavy atom. The van der Waals surface area contributed by atoms with Crippen molar-refractivity contribution in [2.75, 3.05) is 13.7 Å². The molecule has 18 heavy (non-hydrogen) atoms. The molecule has 0 N–H and O–H groups in total. The van der Waals surface area contributed by atoms with Gasteiger partial charge in [0.2, 0.25) is 0 Å². The van der Waals surface area contributed by atoms with Crippen molar-refractivity contribution in [3.63, 3.8) is 0 Å². The summed E-state index contributed by atoms with van der Waals surface area (Å²) >= 11 is 0. The molecular weight excluding hydrogens is 230 g/mol. The van der Waals surface area contributed by atoms with Crippen molar-refractivity contribution in [1.82, 2.24) is 0 Å². The number of hydrogen-bond acceptors (Lipinski definition) is 4. The molecule has 4 nitrogen and oxygen atoms in total. The van der Waals surface area contributed by atoms with Gasteiger partial charge in [-0.05, 0) is 35.0 Å². The van der Waals surface area contributed by atoms with Crippen LogP contribution in [-0.2, 0) is 9.53 Å². The summed E-state index contributed by atoms with van der Waals surface area (Å²) in [7, 11) is 1.31. The van der Waals surface area contributed by atoms with Crippen LogP contribution in [0.1, 0.15) is 5.56 Å². The largest absolute Gasteiger partial charge is 0.482 e. The predicted octanol–water partition coefficient (Wildman–Crippen LogP) is 2.26. The van der Waals surface area contributed by atoms with E-state index in [4.69, 9.17) is 10.00 Å². The third-order valence-corrected chi connectivity index (χ3v) is 2.53. The summed E-state index contributed by atoms with van der Waals surface area (Å²) in [6.07, 6.45) is 0. The number of carbonyl (C=O) groups excluding carboxylic acids is 1.